The van der Waals surface area contributed by atoms with Gasteiger partial charge in [-0.1, -0.05) is 18.2 Å². The average Bonchev–Trinajstić information content (AvgIpc) is 2.65. The number of thiol groups is 1. The summed E-state index contributed by atoms with van der Waals surface area (Å²) in [7, 11) is 1.31. The summed E-state index contributed by atoms with van der Waals surface area (Å²) in [6, 6.07) is 7.89. The number of methoxy groups -OCH3 is 1. The van der Waals surface area contributed by atoms with Gasteiger partial charge in [-0.3, -0.25) is 0 Å². The van der Waals surface area contributed by atoms with Crippen LogP contribution in [0.3, 0.4) is 0 Å². The fourth-order valence-corrected chi connectivity index (χ4v) is 2.34. The van der Waals surface area contributed by atoms with Crippen molar-refractivity contribution in [3.8, 4) is 5.75 Å². The van der Waals surface area contributed by atoms with Crippen molar-refractivity contribution in [2.45, 2.75) is 38.9 Å². The molecule has 5 heteroatoms. The van der Waals surface area contributed by atoms with Crippen molar-refractivity contribution in [1.29, 1.82) is 0 Å². The van der Waals surface area contributed by atoms with Gasteiger partial charge < -0.3 is 14.0 Å². The van der Waals surface area contributed by atoms with Gasteiger partial charge in [0.25, 0.3) is 0 Å². The third-order valence-electron chi connectivity index (χ3n) is 4.21. The normalized spacial score (nSPS) is 20.7. The van der Waals surface area contributed by atoms with Gasteiger partial charge in [0, 0.05) is 5.75 Å². The Kier molecular flexibility index (Phi) is 4.76. The third-order valence-corrected chi connectivity index (χ3v) is 4.57. The lowest BCUT2D eigenvalue weighted by Crippen LogP contribution is -2.41. The van der Waals surface area contributed by atoms with Crippen LogP contribution in [0.4, 0.5) is 0 Å². The van der Waals surface area contributed by atoms with Gasteiger partial charge in [0.05, 0.1) is 18.3 Å². The predicted molar refractivity (Wildman–Crippen MR) is 90.9 cm³/mol. The van der Waals surface area contributed by atoms with Crippen molar-refractivity contribution in [3.05, 3.63) is 35.3 Å². The molecule has 1 heterocycles. The lowest BCUT2D eigenvalue weighted by Gasteiger charge is -2.32. The molecule has 0 aliphatic carbocycles. The van der Waals surface area contributed by atoms with Crippen LogP contribution in [0.25, 0.3) is 6.08 Å². The molecule has 21 heavy (non-hydrogen) atoms. The highest BCUT2D eigenvalue weighted by atomic mass is 32.1. The maximum absolute atomic E-state index is 6.07. The molecular weight excluding hydrogens is 283 g/mol. The van der Waals surface area contributed by atoms with E-state index in [-0.39, 0.29) is 18.3 Å². The van der Waals surface area contributed by atoms with E-state index in [1.807, 2.05) is 24.3 Å². The molecule has 1 saturated heterocycles. The second-order valence-corrected chi connectivity index (χ2v) is 6.56. The molecule has 114 valence electrons. The first-order valence-corrected chi connectivity index (χ1v) is 7.73. The predicted octanol–water partition coefficient (Wildman–Crippen LogP) is 3.64. The number of hydrogen-bond acceptors (Lipinski definition) is 4. The monoisotopic (exact) mass is 306 g/mol. The van der Waals surface area contributed by atoms with Crippen LogP contribution in [0, 0.1) is 0 Å². The quantitative estimate of drug-likeness (QED) is 0.680. The second kappa shape index (κ2) is 6.07. The number of ether oxygens (including phenoxy) is 1. The van der Waals surface area contributed by atoms with Crippen molar-refractivity contribution >= 4 is 25.8 Å². The molecule has 1 fully saturated rings. The van der Waals surface area contributed by atoms with Crippen molar-refractivity contribution in [2.75, 3.05) is 12.9 Å². The van der Waals surface area contributed by atoms with Crippen LogP contribution in [0.5, 0.6) is 5.75 Å². The summed E-state index contributed by atoms with van der Waals surface area (Å²) in [5.41, 5.74) is 1.43. The first kappa shape index (κ1) is 16.5. The smallest absolute Gasteiger partial charge is 0.491 e. The first-order chi connectivity index (χ1) is 9.79. The molecule has 0 aromatic heterocycles. The van der Waals surface area contributed by atoms with Gasteiger partial charge in [-0.15, -0.1) is 0 Å². The Bertz CT molecular complexity index is 507. The van der Waals surface area contributed by atoms with Crippen LogP contribution < -0.4 is 4.74 Å². The van der Waals surface area contributed by atoms with Gasteiger partial charge in [-0.2, -0.15) is 12.6 Å². The fraction of sp³-hybridized carbons (Fsp3) is 0.500. The van der Waals surface area contributed by atoms with Gasteiger partial charge in [0.1, 0.15) is 5.75 Å². The van der Waals surface area contributed by atoms with Crippen LogP contribution in [-0.2, 0) is 9.31 Å². The summed E-state index contributed by atoms with van der Waals surface area (Å²) < 4.78 is 17.3. The second-order valence-electron chi connectivity index (χ2n) is 6.24. The Morgan fingerprint density at radius 2 is 1.67 bits per heavy atom. The molecule has 0 N–H and O–H groups in total. The number of rotatable bonds is 4. The molecule has 0 atom stereocenters. The fourth-order valence-electron chi connectivity index (χ4n) is 2.10. The highest BCUT2D eigenvalue weighted by Crippen LogP contribution is 2.39. The number of hydrogen-bond donors (Lipinski definition) is 1. The molecule has 0 unspecified atom stereocenters. The van der Waals surface area contributed by atoms with Crippen molar-refractivity contribution in [3.63, 3.8) is 0 Å². The molecule has 3 nitrogen and oxygen atoms in total. The van der Waals surface area contributed by atoms with Crippen LogP contribution in [0.1, 0.15) is 33.3 Å². The molecule has 0 radical (unpaired) electrons. The van der Waals surface area contributed by atoms with E-state index in [0.717, 1.165) is 16.8 Å². The molecule has 0 spiro atoms. The molecule has 2 rings (SSSR count). The Balaban J connectivity index is 2.22. The average molecular weight is 306 g/mol. The molecule has 1 aromatic carbocycles. The zero-order valence-corrected chi connectivity index (χ0v) is 14.2. The third kappa shape index (κ3) is 3.47. The minimum absolute atomic E-state index is 0.334. The SMILES string of the molecule is COc1ccc(C=C(CS)B2OC(C)(C)C(C)(C)O2)cc1. The first-order valence-electron chi connectivity index (χ1n) is 7.10. The summed E-state index contributed by atoms with van der Waals surface area (Å²) in [6.45, 7) is 8.21. The maximum Gasteiger partial charge on any atom is 0.491 e. The van der Waals surface area contributed by atoms with E-state index in [1.165, 1.54) is 0 Å². The lowest BCUT2D eigenvalue weighted by atomic mass is 9.78. The zero-order valence-electron chi connectivity index (χ0n) is 13.3. The summed E-state index contributed by atoms with van der Waals surface area (Å²) in [4.78, 5) is 0. The zero-order chi connectivity index (χ0) is 15.7. The van der Waals surface area contributed by atoms with Crippen LogP contribution in [0.15, 0.2) is 29.7 Å². The van der Waals surface area contributed by atoms with E-state index >= 15 is 0 Å². The molecule has 1 aliphatic heterocycles. The highest BCUT2D eigenvalue weighted by Gasteiger charge is 2.52. The van der Waals surface area contributed by atoms with E-state index in [0.29, 0.717) is 5.75 Å². The number of benzene rings is 1. The van der Waals surface area contributed by atoms with E-state index in [2.05, 4.69) is 46.4 Å². The Morgan fingerprint density at radius 3 is 2.10 bits per heavy atom. The van der Waals surface area contributed by atoms with Crippen molar-refractivity contribution in [1.82, 2.24) is 0 Å². The molecular formula is C16H23BO3S. The standard InChI is InChI=1S/C16H23BO3S/c1-15(2)16(3,4)20-17(19-15)13(11-21)10-12-6-8-14(18-5)9-7-12/h6-10,21H,11H2,1-5H3. The minimum atomic E-state index is -0.352. The maximum atomic E-state index is 6.07. The van der Waals surface area contributed by atoms with Gasteiger partial charge in [-0.25, -0.2) is 0 Å². The Morgan fingerprint density at radius 1 is 1.14 bits per heavy atom. The highest BCUT2D eigenvalue weighted by molar-refractivity contribution is 7.80. The molecule has 0 saturated carbocycles. The molecule has 0 bridgehead atoms. The summed E-state index contributed by atoms with van der Waals surface area (Å²) in [5, 5.41) is 0. The largest absolute Gasteiger partial charge is 0.497 e. The van der Waals surface area contributed by atoms with Crippen LogP contribution >= 0.6 is 12.6 Å². The topological polar surface area (TPSA) is 27.7 Å². The van der Waals surface area contributed by atoms with E-state index in [4.69, 9.17) is 14.0 Å². The van der Waals surface area contributed by atoms with Crippen LogP contribution in [-0.4, -0.2) is 31.2 Å². The van der Waals surface area contributed by atoms with Gasteiger partial charge >= 0.3 is 7.12 Å². The molecule has 1 aromatic rings. The summed E-state index contributed by atoms with van der Waals surface area (Å²) in [6.07, 6.45) is 2.06. The van der Waals surface area contributed by atoms with Gasteiger partial charge in [0.15, 0.2) is 0 Å². The van der Waals surface area contributed by atoms with Crippen LogP contribution in [0.2, 0.25) is 0 Å². The van der Waals surface area contributed by atoms with Gasteiger partial charge in [-0.05, 0) is 50.9 Å². The summed E-state index contributed by atoms with van der Waals surface area (Å²) in [5.74, 6) is 1.43. The van der Waals surface area contributed by atoms with E-state index in [9.17, 15) is 0 Å². The molecule has 0 amide bonds. The Labute approximate surface area is 133 Å². The Hall–Kier alpha value is -0.905. The van der Waals surface area contributed by atoms with Gasteiger partial charge in [0.2, 0.25) is 0 Å². The van der Waals surface area contributed by atoms with E-state index < -0.39 is 0 Å². The van der Waals surface area contributed by atoms with Crippen molar-refractivity contribution < 1.29 is 14.0 Å². The minimum Gasteiger partial charge on any atom is -0.497 e. The van der Waals surface area contributed by atoms with E-state index in [1.54, 1.807) is 7.11 Å². The van der Waals surface area contributed by atoms with Crippen molar-refractivity contribution in [2.24, 2.45) is 0 Å². The summed E-state index contributed by atoms with van der Waals surface area (Å²) >= 11 is 4.42. The molecule has 1 aliphatic rings. The lowest BCUT2D eigenvalue weighted by molar-refractivity contribution is 0.00578.